The van der Waals surface area contributed by atoms with Crippen LogP contribution >= 0.6 is 0 Å². The lowest BCUT2D eigenvalue weighted by Gasteiger charge is -2.32. The Labute approximate surface area is 120 Å². The van der Waals surface area contributed by atoms with Gasteiger partial charge in [0.15, 0.2) is 0 Å². The normalized spacial score (nSPS) is 25.9. The van der Waals surface area contributed by atoms with Crippen LogP contribution in [0, 0.1) is 6.92 Å². The van der Waals surface area contributed by atoms with Crippen molar-refractivity contribution in [3.63, 3.8) is 0 Å². The Hall–Kier alpha value is -1.61. The smallest absolute Gasteiger partial charge is 0.335 e. The number of ether oxygens (including phenoxy) is 1. The lowest BCUT2D eigenvalue weighted by Crippen LogP contribution is -2.41. The summed E-state index contributed by atoms with van der Waals surface area (Å²) in [6.45, 7) is 4.41. The molecule has 3 rings (SSSR count). The molecule has 0 bridgehead atoms. The molecule has 1 unspecified atom stereocenters. The van der Waals surface area contributed by atoms with Gasteiger partial charge < -0.3 is 4.74 Å². The summed E-state index contributed by atoms with van der Waals surface area (Å²) >= 11 is 0. The van der Waals surface area contributed by atoms with Crippen molar-refractivity contribution in [3.8, 4) is 0 Å². The zero-order valence-electron chi connectivity index (χ0n) is 12.0. The molecule has 3 heteroatoms. The Bertz CT molecular complexity index is 518. The molecule has 0 radical (unpaired) electrons. The van der Waals surface area contributed by atoms with E-state index in [1.165, 1.54) is 18.4 Å². The molecule has 2 aliphatic heterocycles. The highest BCUT2D eigenvalue weighted by atomic mass is 16.5. The van der Waals surface area contributed by atoms with Crippen molar-refractivity contribution in [2.45, 2.75) is 32.2 Å². The number of hydrogen-bond donors (Lipinski definition) is 0. The molecule has 2 fully saturated rings. The van der Waals surface area contributed by atoms with Gasteiger partial charge in [0.25, 0.3) is 0 Å². The van der Waals surface area contributed by atoms with Gasteiger partial charge in [0.05, 0.1) is 5.57 Å². The molecule has 20 heavy (non-hydrogen) atoms. The predicted molar refractivity (Wildman–Crippen MR) is 79.3 cm³/mol. The van der Waals surface area contributed by atoms with E-state index in [0.717, 1.165) is 30.6 Å². The van der Waals surface area contributed by atoms with Gasteiger partial charge in [-0.1, -0.05) is 36.2 Å². The number of benzene rings is 1. The van der Waals surface area contributed by atoms with E-state index in [1.54, 1.807) is 0 Å². The highest BCUT2D eigenvalue weighted by molar-refractivity contribution is 5.94. The van der Waals surface area contributed by atoms with Crippen LogP contribution in [0.2, 0.25) is 0 Å². The van der Waals surface area contributed by atoms with Crippen LogP contribution in [0.1, 0.15) is 30.4 Å². The van der Waals surface area contributed by atoms with E-state index in [-0.39, 0.29) is 5.97 Å². The summed E-state index contributed by atoms with van der Waals surface area (Å²) in [4.78, 5) is 14.5. The van der Waals surface area contributed by atoms with Crippen molar-refractivity contribution in [2.75, 3.05) is 19.7 Å². The highest BCUT2D eigenvalue weighted by Gasteiger charge is 2.29. The van der Waals surface area contributed by atoms with Gasteiger partial charge in [0.1, 0.15) is 6.61 Å². The summed E-state index contributed by atoms with van der Waals surface area (Å²) in [7, 11) is 0. The summed E-state index contributed by atoms with van der Waals surface area (Å²) in [5, 5.41) is 0. The number of aryl methyl sites for hydroxylation is 1. The molecule has 0 amide bonds. The average molecular weight is 271 g/mol. The van der Waals surface area contributed by atoms with Gasteiger partial charge in [0, 0.05) is 12.6 Å². The van der Waals surface area contributed by atoms with E-state index in [0.29, 0.717) is 12.6 Å². The third kappa shape index (κ3) is 2.93. The van der Waals surface area contributed by atoms with Gasteiger partial charge in [0.2, 0.25) is 0 Å². The van der Waals surface area contributed by atoms with Crippen molar-refractivity contribution >= 4 is 12.0 Å². The molecule has 1 aromatic rings. The van der Waals surface area contributed by atoms with Crippen molar-refractivity contribution in [1.29, 1.82) is 0 Å². The van der Waals surface area contributed by atoms with Crippen LogP contribution < -0.4 is 0 Å². The van der Waals surface area contributed by atoms with E-state index in [4.69, 9.17) is 4.74 Å². The number of fused-ring (bicyclic) bond motifs is 1. The summed E-state index contributed by atoms with van der Waals surface area (Å²) in [6.07, 6.45) is 5.59. The van der Waals surface area contributed by atoms with Crippen LogP contribution in [0.25, 0.3) is 6.08 Å². The summed E-state index contributed by atoms with van der Waals surface area (Å²) in [6, 6.07) is 8.65. The summed E-state index contributed by atoms with van der Waals surface area (Å²) < 4.78 is 5.43. The van der Waals surface area contributed by atoms with Gasteiger partial charge in [-0.15, -0.1) is 0 Å². The second-order valence-corrected chi connectivity index (χ2v) is 5.80. The molecule has 0 spiro atoms. The number of rotatable bonds is 1. The molecular weight excluding hydrogens is 250 g/mol. The first-order valence-corrected chi connectivity index (χ1v) is 7.41. The lowest BCUT2D eigenvalue weighted by atomic mass is 10.0. The van der Waals surface area contributed by atoms with E-state index < -0.39 is 0 Å². The first-order valence-electron chi connectivity index (χ1n) is 7.41. The number of carbonyl (C=O) groups is 1. The maximum atomic E-state index is 12.1. The van der Waals surface area contributed by atoms with Gasteiger partial charge in [-0.2, -0.15) is 0 Å². The zero-order valence-corrected chi connectivity index (χ0v) is 12.0. The van der Waals surface area contributed by atoms with Gasteiger partial charge >= 0.3 is 5.97 Å². The number of nitrogens with zero attached hydrogens (tertiary/aromatic N) is 1. The third-order valence-electron chi connectivity index (χ3n) is 4.21. The Balaban J connectivity index is 1.83. The van der Waals surface area contributed by atoms with Crippen LogP contribution in [0.5, 0.6) is 0 Å². The number of carbonyl (C=O) groups excluding carboxylic acids is 1. The summed E-state index contributed by atoms with van der Waals surface area (Å²) in [5.74, 6) is -0.153. The topological polar surface area (TPSA) is 29.5 Å². The third-order valence-corrected chi connectivity index (χ3v) is 4.21. The van der Waals surface area contributed by atoms with Crippen molar-refractivity contribution < 1.29 is 9.53 Å². The largest absolute Gasteiger partial charge is 0.461 e. The van der Waals surface area contributed by atoms with Crippen molar-refractivity contribution in [2.24, 2.45) is 0 Å². The maximum Gasteiger partial charge on any atom is 0.335 e. The Morgan fingerprint density at radius 3 is 2.85 bits per heavy atom. The molecule has 0 aromatic heterocycles. The average Bonchev–Trinajstić information content (AvgIpc) is 2.62. The van der Waals surface area contributed by atoms with Crippen LogP contribution in [0.15, 0.2) is 29.8 Å². The molecule has 0 saturated carbocycles. The van der Waals surface area contributed by atoms with Crippen LogP contribution in [0.4, 0.5) is 0 Å². The number of cyclic esters (lactones) is 1. The lowest BCUT2D eigenvalue weighted by molar-refractivity contribution is -0.139. The molecule has 106 valence electrons. The SMILES string of the molecule is Cc1ccc(/C=C2/CN3CCCCC3COC2=O)cc1. The molecule has 1 aromatic carbocycles. The fourth-order valence-corrected chi connectivity index (χ4v) is 2.97. The molecule has 3 nitrogen and oxygen atoms in total. The molecule has 0 N–H and O–H groups in total. The molecule has 2 aliphatic rings. The number of hydrogen-bond acceptors (Lipinski definition) is 3. The fraction of sp³-hybridized carbons (Fsp3) is 0.471. The molecule has 1 atom stereocenters. The first kappa shape index (κ1) is 13.4. The minimum atomic E-state index is -0.153. The summed E-state index contributed by atoms with van der Waals surface area (Å²) in [5.41, 5.74) is 3.07. The zero-order chi connectivity index (χ0) is 13.9. The van der Waals surface area contributed by atoms with E-state index >= 15 is 0 Å². The van der Waals surface area contributed by atoms with Crippen LogP contribution in [0.3, 0.4) is 0 Å². The maximum absolute atomic E-state index is 12.1. The second-order valence-electron chi connectivity index (χ2n) is 5.80. The van der Waals surface area contributed by atoms with Crippen molar-refractivity contribution in [1.82, 2.24) is 4.90 Å². The quantitative estimate of drug-likeness (QED) is 0.581. The van der Waals surface area contributed by atoms with Crippen LogP contribution in [-0.2, 0) is 9.53 Å². The van der Waals surface area contributed by atoms with Gasteiger partial charge in [-0.25, -0.2) is 4.79 Å². The van der Waals surface area contributed by atoms with Crippen molar-refractivity contribution in [3.05, 3.63) is 41.0 Å². The Morgan fingerprint density at radius 2 is 2.05 bits per heavy atom. The van der Waals surface area contributed by atoms with Crippen LogP contribution in [-0.4, -0.2) is 36.6 Å². The first-order chi connectivity index (χ1) is 9.72. The van der Waals surface area contributed by atoms with E-state index in [9.17, 15) is 4.79 Å². The highest BCUT2D eigenvalue weighted by Crippen LogP contribution is 2.23. The minimum Gasteiger partial charge on any atom is -0.461 e. The standard InChI is InChI=1S/C17H21NO2/c1-13-5-7-14(8-6-13)10-15-11-18-9-3-2-4-16(18)12-20-17(15)19/h5-8,10,16H,2-4,9,11-12H2,1H3/b15-10-. The fourth-order valence-electron chi connectivity index (χ4n) is 2.97. The van der Waals surface area contributed by atoms with Gasteiger partial charge in [-0.05, 0) is 37.9 Å². The minimum absolute atomic E-state index is 0.153. The van der Waals surface area contributed by atoms with E-state index in [1.807, 2.05) is 18.2 Å². The van der Waals surface area contributed by atoms with E-state index in [2.05, 4.69) is 24.0 Å². The molecule has 2 saturated heterocycles. The number of piperidine rings is 1. The molecule has 2 heterocycles. The second kappa shape index (κ2) is 5.80. The monoisotopic (exact) mass is 271 g/mol. The predicted octanol–water partition coefficient (Wildman–Crippen LogP) is 2.79. The Morgan fingerprint density at radius 1 is 1.25 bits per heavy atom. The Kier molecular flexibility index (Phi) is 3.88. The molecule has 0 aliphatic carbocycles. The number of esters is 1. The van der Waals surface area contributed by atoms with Gasteiger partial charge in [-0.3, -0.25) is 4.90 Å². The molecular formula is C17H21NO2.